The lowest BCUT2D eigenvalue weighted by molar-refractivity contribution is -0.143. The normalized spacial score (nSPS) is 20.0. The summed E-state index contributed by atoms with van der Waals surface area (Å²) in [6.07, 6.45) is 0.989. The molecule has 1 unspecified atom stereocenters. The number of nitrogens with one attached hydrogen (secondary N) is 2. The van der Waals surface area contributed by atoms with Crippen LogP contribution in [-0.2, 0) is 31.0 Å². The highest BCUT2D eigenvalue weighted by Gasteiger charge is 2.42. The number of hydrogen-bond donors (Lipinski definition) is 2. The Hall–Kier alpha value is -3.13. The van der Waals surface area contributed by atoms with E-state index in [-0.39, 0.29) is 36.5 Å². The lowest BCUT2D eigenvalue weighted by atomic mass is 9.86. The fourth-order valence-electron chi connectivity index (χ4n) is 6.17. The highest BCUT2D eigenvalue weighted by molar-refractivity contribution is 7.12. The SMILES string of the molecule is COc1cccc(CN(C(=O)C2=C(c3cnc(CCCOc4nn(C)c(C(F)(F)F)c4Cl)s3)CC3CNC[C@H]2N3)C2CC2)c1C. The third-order valence-electron chi connectivity index (χ3n) is 8.59. The van der Waals surface area contributed by atoms with E-state index in [1.807, 2.05) is 30.2 Å². The molecule has 242 valence electrons. The maximum atomic E-state index is 14.4. The minimum atomic E-state index is -4.63. The van der Waals surface area contributed by atoms with E-state index in [1.165, 1.54) is 7.05 Å². The molecule has 3 aromatic rings. The van der Waals surface area contributed by atoms with Crippen LogP contribution in [0.25, 0.3) is 5.57 Å². The number of carbonyl (C=O) groups is 1. The summed E-state index contributed by atoms with van der Waals surface area (Å²) in [5.41, 5.74) is 2.92. The molecule has 4 heterocycles. The number of alkyl halides is 3. The average Bonchev–Trinajstić information content (AvgIpc) is 3.65. The molecule has 14 heteroatoms. The molecule has 1 aliphatic carbocycles. The van der Waals surface area contributed by atoms with Crippen molar-refractivity contribution < 1.29 is 27.4 Å². The maximum absolute atomic E-state index is 14.4. The van der Waals surface area contributed by atoms with Crippen LogP contribution in [-0.4, -0.2) is 70.5 Å². The number of aryl methyl sites for hydroxylation is 2. The number of carbonyl (C=O) groups excluding carboxylic acids is 1. The standard InChI is InChI=1S/C31H36ClF3N6O3S/c1-17-18(6-4-7-23(17)43-3)16-41(20-9-10-20)30(42)26-21(12-19-13-36-14-22(26)38-19)24-15-37-25(45-24)8-5-11-44-29-27(32)28(31(33,34)35)40(2)39-29/h4,6-7,15,19-20,22,36,38H,5,8-14,16H2,1-3H3/t19?,22-/m1/s1. The van der Waals surface area contributed by atoms with Gasteiger partial charge in [-0.15, -0.1) is 16.4 Å². The summed E-state index contributed by atoms with van der Waals surface area (Å²) in [7, 11) is 2.84. The van der Waals surface area contributed by atoms with Crippen molar-refractivity contribution in [1.82, 2.24) is 30.3 Å². The van der Waals surface area contributed by atoms with E-state index in [4.69, 9.17) is 21.1 Å². The molecular weight excluding hydrogens is 629 g/mol. The van der Waals surface area contributed by atoms with Crippen molar-refractivity contribution in [3.63, 3.8) is 0 Å². The van der Waals surface area contributed by atoms with Crippen LogP contribution in [0, 0.1) is 6.92 Å². The van der Waals surface area contributed by atoms with E-state index in [0.29, 0.717) is 37.0 Å². The third-order valence-corrected chi connectivity index (χ3v) is 10.0. The van der Waals surface area contributed by atoms with Gasteiger partial charge in [0.15, 0.2) is 5.69 Å². The highest BCUT2D eigenvalue weighted by atomic mass is 35.5. The summed E-state index contributed by atoms with van der Waals surface area (Å²) in [6, 6.07) is 6.29. The first kappa shape index (κ1) is 31.8. The second kappa shape index (κ2) is 12.9. The first-order valence-electron chi connectivity index (χ1n) is 15.1. The summed E-state index contributed by atoms with van der Waals surface area (Å²) in [5, 5.41) is 11.3. The van der Waals surface area contributed by atoms with Crippen molar-refractivity contribution in [2.24, 2.45) is 7.05 Å². The van der Waals surface area contributed by atoms with Crippen molar-refractivity contribution in [2.45, 2.75) is 69.9 Å². The lowest BCUT2D eigenvalue weighted by Crippen LogP contribution is -2.59. The highest BCUT2D eigenvalue weighted by Crippen LogP contribution is 2.40. The quantitative estimate of drug-likeness (QED) is 0.274. The minimum Gasteiger partial charge on any atom is -0.496 e. The molecule has 1 amide bonds. The Balaban J connectivity index is 1.19. The van der Waals surface area contributed by atoms with E-state index in [2.05, 4.69) is 26.8 Å². The zero-order valence-corrected chi connectivity index (χ0v) is 26.9. The Kier molecular flexibility index (Phi) is 9.15. The predicted octanol–water partition coefficient (Wildman–Crippen LogP) is 5.16. The van der Waals surface area contributed by atoms with Crippen LogP contribution in [0.5, 0.6) is 11.6 Å². The Morgan fingerprint density at radius 2 is 2.07 bits per heavy atom. The molecule has 45 heavy (non-hydrogen) atoms. The molecule has 6 rings (SSSR count). The third kappa shape index (κ3) is 6.72. The molecule has 2 bridgehead atoms. The number of nitrogens with zero attached hydrogens (tertiary/aromatic N) is 4. The molecule has 2 atom stereocenters. The largest absolute Gasteiger partial charge is 0.496 e. The van der Waals surface area contributed by atoms with Gasteiger partial charge in [0, 0.05) is 57.0 Å². The number of ether oxygens (including phenoxy) is 2. The molecule has 2 aliphatic heterocycles. The fourth-order valence-corrected chi connectivity index (χ4v) is 7.52. The second-order valence-corrected chi connectivity index (χ2v) is 13.2. The zero-order valence-electron chi connectivity index (χ0n) is 25.3. The number of piperazine rings is 1. The van der Waals surface area contributed by atoms with Crippen molar-refractivity contribution >= 4 is 34.4 Å². The van der Waals surface area contributed by atoms with Crippen LogP contribution in [0.15, 0.2) is 30.0 Å². The van der Waals surface area contributed by atoms with Crippen LogP contribution in [0.1, 0.15) is 52.4 Å². The topological polar surface area (TPSA) is 93.5 Å². The van der Waals surface area contributed by atoms with Gasteiger partial charge in [0.1, 0.15) is 10.8 Å². The summed E-state index contributed by atoms with van der Waals surface area (Å²) < 4.78 is 51.4. The van der Waals surface area contributed by atoms with Crippen molar-refractivity contribution in [3.05, 3.63) is 61.7 Å². The zero-order chi connectivity index (χ0) is 31.9. The van der Waals surface area contributed by atoms with Crippen molar-refractivity contribution in [1.29, 1.82) is 0 Å². The Morgan fingerprint density at radius 3 is 2.78 bits per heavy atom. The van der Waals surface area contributed by atoms with E-state index in [1.54, 1.807) is 18.4 Å². The number of aromatic nitrogens is 3. The molecule has 2 fully saturated rings. The number of rotatable bonds is 11. The van der Waals surface area contributed by atoms with E-state index in [9.17, 15) is 18.0 Å². The molecule has 2 aromatic heterocycles. The summed E-state index contributed by atoms with van der Waals surface area (Å²) >= 11 is 7.45. The Bertz CT molecular complexity index is 1600. The molecular formula is C31H36ClF3N6O3S. The second-order valence-electron chi connectivity index (χ2n) is 11.7. The minimum absolute atomic E-state index is 0.0585. The molecule has 0 spiro atoms. The summed E-state index contributed by atoms with van der Waals surface area (Å²) in [6.45, 7) is 4.18. The molecule has 1 saturated carbocycles. The fraction of sp³-hybridized carbons (Fsp3) is 0.516. The van der Waals surface area contributed by atoms with Crippen LogP contribution in [0.2, 0.25) is 5.02 Å². The van der Waals surface area contributed by atoms with Gasteiger partial charge >= 0.3 is 6.18 Å². The van der Waals surface area contributed by atoms with Crippen LogP contribution in [0.4, 0.5) is 13.2 Å². The molecule has 9 nitrogen and oxygen atoms in total. The number of hydrogen-bond acceptors (Lipinski definition) is 8. The Labute approximate surface area is 268 Å². The van der Waals surface area contributed by atoms with Crippen LogP contribution < -0.4 is 20.1 Å². The molecule has 1 saturated heterocycles. The van der Waals surface area contributed by atoms with Gasteiger partial charge in [-0.25, -0.2) is 4.98 Å². The van der Waals surface area contributed by atoms with Gasteiger partial charge < -0.3 is 25.0 Å². The van der Waals surface area contributed by atoms with Gasteiger partial charge in [-0.2, -0.15) is 13.2 Å². The molecule has 2 N–H and O–H groups in total. The number of amides is 1. The predicted molar refractivity (Wildman–Crippen MR) is 166 cm³/mol. The maximum Gasteiger partial charge on any atom is 0.434 e. The first-order valence-corrected chi connectivity index (χ1v) is 16.2. The molecule has 0 radical (unpaired) electrons. The van der Waals surface area contributed by atoms with E-state index < -0.39 is 16.9 Å². The number of fused-ring (bicyclic) bond motifs is 2. The van der Waals surface area contributed by atoms with E-state index in [0.717, 1.165) is 57.3 Å². The van der Waals surface area contributed by atoms with Gasteiger partial charge in [0.05, 0.1) is 29.6 Å². The number of methoxy groups -OCH3 is 1. The van der Waals surface area contributed by atoms with Gasteiger partial charge in [0.2, 0.25) is 0 Å². The van der Waals surface area contributed by atoms with Crippen molar-refractivity contribution in [3.8, 4) is 11.6 Å². The van der Waals surface area contributed by atoms with Crippen molar-refractivity contribution in [2.75, 3.05) is 26.8 Å². The number of thiazole rings is 1. The van der Waals surface area contributed by atoms with Gasteiger partial charge in [0.25, 0.3) is 11.8 Å². The molecule has 1 aromatic carbocycles. The smallest absolute Gasteiger partial charge is 0.434 e. The molecule has 3 aliphatic rings. The summed E-state index contributed by atoms with van der Waals surface area (Å²) in [4.78, 5) is 22.1. The summed E-state index contributed by atoms with van der Waals surface area (Å²) in [5.74, 6) is 0.632. The number of benzene rings is 1. The van der Waals surface area contributed by atoms with Crippen LogP contribution >= 0.6 is 22.9 Å². The van der Waals surface area contributed by atoms with Gasteiger partial charge in [-0.05, 0) is 55.4 Å². The monoisotopic (exact) mass is 664 g/mol. The van der Waals surface area contributed by atoms with Gasteiger partial charge in [-0.3, -0.25) is 9.48 Å². The van der Waals surface area contributed by atoms with Gasteiger partial charge in [-0.1, -0.05) is 23.7 Å². The van der Waals surface area contributed by atoms with E-state index >= 15 is 0 Å². The first-order chi connectivity index (χ1) is 21.5. The number of halogens is 4. The lowest BCUT2D eigenvalue weighted by Gasteiger charge is -2.40. The van der Waals surface area contributed by atoms with Crippen LogP contribution in [0.3, 0.4) is 0 Å². The average molecular weight is 665 g/mol. The Morgan fingerprint density at radius 1 is 1.27 bits per heavy atom.